The molecule has 1 saturated carbocycles. The van der Waals surface area contributed by atoms with Gasteiger partial charge in [0.15, 0.2) is 0 Å². The smallest absolute Gasteiger partial charge is 0.228 e. The van der Waals surface area contributed by atoms with Gasteiger partial charge in [0.1, 0.15) is 11.9 Å². The minimum atomic E-state index is -0.282. The third kappa shape index (κ3) is 8.29. The van der Waals surface area contributed by atoms with Gasteiger partial charge in [0.25, 0.3) is 0 Å². The third-order valence-corrected chi connectivity index (χ3v) is 8.19. The zero-order valence-electron chi connectivity index (χ0n) is 23.8. The Morgan fingerprint density at radius 2 is 1.87 bits per heavy atom. The van der Waals surface area contributed by atoms with Gasteiger partial charge in [-0.2, -0.15) is 0 Å². The molecule has 0 spiro atoms. The molecule has 2 aliphatic rings. The van der Waals surface area contributed by atoms with Gasteiger partial charge >= 0.3 is 0 Å². The summed E-state index contributed by atoms with van der Waals surface area (Å²) in [5.74, 6) is 1.34. The molecule has 1 fully saturated rings. The standard InChI is InChI=1S/C32H45N3O4/c1-23-19-35(24(2)22-36)32(38)18-27-17-28(33-31(37)16-25-10-6-4-7-11-25)14-15-29(27)39-30(23)21-34(3)20-26-12-8-5-9-13-26/h4,6-7,10-11,14-15,17,23-24,26,30,36H,5,8-9,12-13,16,18-22H2,1-3H3,(H,33,37)/t23-,24-,30-/m1/s1. The molecule has 1 aliphatic heterocycles. The number of carbonyl (C=O) groups is 2. The van der Waals surface area contributed by atoms with Crippen molar-refractivity contribution in [2.24, 2.45) is 11.8 Å². The van der Waals surface area contributed by atoms with Crippen LogP contribution in [0.4, 0.5) is 5.69 Å². The van der Waals surface area contributed by atoms with Gasteiger partial charge in [-0.25, -0.2) is 0 Å². The SMILES string of the molecule is C[C@@H]1CN([C@H](C)CO)C(=O)Cc2cc(NC(=O)Cc3ccccc3)ccc2O[C@@H]1CN(C)CC1CCCCC1. The van der Waals surface area contributed by atoms with Gasteiger partial charge in [0.05, 0.1) is 25.5 Å². The molecule has 39 heavy (non-hydrogen) atoms. The number of hydrogen-bond donors (Lipinski definition) is 2. The van der Waals surface area contributed by atoms with Crippen LogP contribution in [0.1, 0.15) is 57.1 Å². The maximum Gasteiger partial charge on any atom is 0.228 e. The number of amides is 2. The predicted octanol–water partition coefficient (Wildman–Crippen LogP) is 4.53. The maximum atomic E-state index is 13.5. The summed E-state index contributed by atoms with van der Waals surface area (Å²) in [4.78, 5) is 30.3. The van der Waals surface area contributed by atoms with E-state index in [2.05, 4.69) is 24.2 Å². The molecular formula is C32H45N3O4. The number of likely N-dealkylation sites (N-methyl/N-ethyl adjacent to an activating group) is 1. The number of hydrogen-bond acceptors (Lipinski definition) is 5. The molecule has 0 aromatic heterocycles. The fraction of sp³-hybridized carbons (Fsp3) is 0.562. The fourth-order valence-corrected chi connectivity index (χ4v) is 5.90. The van der Waals surface area contributed by atoms with Gasteiger partial charge in [-0.3, -0.25) is 9.59 Å². The van der Waals surface area contributed by atoms with Crippen molar-refractivity contribution in [3.8, 4) is 5.75 Å². The van der Waals surface area contributed by atoms with Crippen LogP contribution in [-0.2, 0) is 22.4 Å². The predicted molar refractivity (Wildman–Crippen MR) is 155 cm³/mol. The van der Waals surface area contributed by atoms with E-state index in [4.69, 9.17) is 4.74 Å². The van der Waals surface area contributed by atoms with Crippen LogP contribution in [0.25, 0.3) is 0 Å². The summed E-state index contributed by atoms with van der Waals surface area (Å²) in [5, 5.41) is 12.9. The maximum absolute atomic E-state index is 13.5. The van der Waals surface area contributed by atoms with Crippen molar-refractivity contribution in [1.82, 2.24) is 9.80 Å². The Morgan fingerprint density at radius 1 is 1.13 bits per heavy atom. The van der Waals surface area contributed by atoms with E-state index >= 15 is 0 Å². The molecule has 1 aliphatic carbocycles. The van der Waals surface area contributed by atoms with Gasteiger partial charge < -0.3 is 25.0 Å². The van der Waals surface area contributed by atoms with E-state index in [1.807, 2.05) is 55.5 Å². The number of aliphatic hydroxyl groups is 1. The molecule has 4 rings (SSSR count). The molecule has 2 aromatic rings. The highest BCUT2D eigenvalue weighted by molar-refractivity contribution is 5.92. The largest absolute Gasteiger partial charge is 0.488 e. The number of rotatable bonds is 9. The number of anilines is 1. The van der Waals surface area contributed by atoms with E-state index in [1.165, 1.54) is 32.1 Å². The van der Waals surface area contributed by atoms with Crippen molar-refractivity contribution >= 4 is 17.5 Å². The van der Waals surface area contributed by atoms with Crippen LogP contribution in [-0.4, -0.2) is 72.2 Å². The topological polar surface area (TPSA) is 82.1 Å². The molecule has 2 amide bonds. The summed E-state index contributed by atoms with van der Waals surface area (Å²) in [5.41, 5.74) is 2.34. The molecule has 1 heterocycles. The average Bonchev–Trinajstić information content (AvgIpc) is 2.97. The Bertz CT molecular complexity index is 1090. The summed E-state index contributed by atoms with van der Waals surface area (Å²) >= 11 is 0. The first-order valence-corrected chi connectivity index (χ1v) is 14.5. The van der Waals surface area contributed by atoms with E-state index in [1.54, 1.807) is 4.90 Å². The minimum absolute atomic E-state index is 0.0442. The summed E-state index contributed by atoms with van der Waals surface area (Å²) in [6.45, 7) is 6.27. The molecule has 0 radical (unpaired) electrons. The van der Waals surface area contributed by atoms with E-state index in [0.717, 1.165) is 30.1 Å². The Morgan fingerprint density at radius 3 is 2.59 bits per heavy atom. The molecule has 0 bridgehead atoms. The first-order chi connectivity index (χ1) is 18.8. The second kappa shape index (κ2) is 13.9. The lowest BCUT2D eigenvalue weighted by Gasteiger charge is -2.35. The average molecular weight is 536 g/mol. The zero-order chi connectivity index (χ0) is 27.8. The number of nitrogens with one attached hydrogen (secondary N) is 1. The van der Waals surface area contributed by atoms with Crippen LogP contribution in [0.2, 0.25) is 0 Å². The Kier molecular flexibility index (Phi) is 10.4. The van der Waals surface area contributed by atoms with Crippen LogP contribution in [0.15, 0.2) is 48.5 Å². The Labute approximate surface area is 233 Å². The van der Waals surface area contributed by atoms with Crippen molar-refractivity contribution in [3.05, 3.63) is 59.7 Å². The zero-order valence-corrected chi connectivity index (χ0v) is 23.8. The monoisotopic (exact) mass is 535 g/mol. The number of benzene rings is 2. The quantitative estimate of drug-likeness (QED) is 0.493. The second-order valence-corrected chi connectivity index (χ2v) is 11.6. The van der Waals surface area contributed by atoms with Crippen LogP contribution < -0.4 is 10.1 Å². The molecular weight excluding hydrogens is 490 g/mol. The highest BCUT2D eigenvalue weighted by atomic mass is 16.5. The Hall–Kier alpha value is -2.90. The molecule has 212 valence electrons. The number of carbonyl (C=O) groups excluding carboxylic acids is 2. The van der Waals surface area contributed by atoms with Gasteiger partial charge in [-0.15, -0.1) is 0 Å². The fourth-order valence-electron chi connectivity index (χ4n) is 5.90. The molecule has 7 heteroatoms. The lowest BCUT2D eigenvalue weighted by molar-refractivity contribution is -0.134. The molecule has 7 nitrogen and oxygen atoms in total. The normalized spacial score (nSPS) is 21.4. The lowest BCUT2D eigenvalue weighted by Crippen LogP contribution is -2.48. The van der Waals surface area contributed by atoms with Gasteiger partial charge in [0.2, 0.25) is 11.8 Å². The molecule has 0 saturated heterocycles. The highest BCUT2D eigenvalue weighted by Gasteiger charge is 2.31. The molecule has 3 atom stereocenters. The van der Waals surface area contributed by atoms with Crippen LogP contribution >= 0.6 is 0 Å². The van der Waals surface area contributed by atoms with Gasteiger partial charge in [-0.05, 0) is 56.5 Å². The number of aliphatic hydroxyl groups excluding tert-OH is 1. The van der Waals surface area contributed by atoms with Gasteiger partial charge in [-0.1, -0.05) is 56.5 Å². The minimum Gasteiger partial charge on any atom is -0.488 e. The van der Waals surface area contributed by atoms with E-state index in [-0.39, 0.29) is 49.3 Å². The highest BCUT2D eigenvalue weighted by Crippen LogP contribution is 2.30. The number of ether oxygens (including phenoxy) is 1. The summed E-state index contributed by atoms with van der Waals surface area (Å²) in [6.07, 6.45) is 6.90. The lowest BCUT2D eigenvalue weighted by atomic mass is 9.89. The first-order valence-electron chi connectivity index (χ1n) is 14.5. The molecule has 2 aromatic carbocycles. The van der Waals surface area contributed by atoms with Crippen molar-refractivity contribution < 1.29 is 19.4 Å². The second-order valence-electron chi connectivity index (χ2n) is 11.6. The van der Waals surface area contributed by atoms with E-state index < -0.39 is 0 Å². The van der Waals surface area contributed by atoms with Gasteiger partial charge in [0, 0.05) is 36.8 Å². The van der Waals surface area contributed by atoms with Crippen LogP contribution in [0.3, 0.4) is 0 Å². The van der Waals surface area contributed by atoms with Crippen molar-refractivity contribution in [1.29, 1.82) is 0 Å². The van der Waals surface area contributed by atoms with Crippen molar-refractivity contribution in [2.75, 3.05) is 38.6 Å². The summed E-state index contributed by atoms with van der Waals surface area (Å²) in [7, 11) is 2.17. The third-order valence-electron chi connectivity index (χ3n) is 8.19. The van der Waals surface area contributed by atoms with Crippen LogP contribution in [0.5, 0.6) is 5.75 Å². The van der Waals surface area contributed by atoms with Crippen molar-refractivity contribution in [2.45, 2.75) is 70.9 Å². The number of fused-ring (bicyclic) bond motifs is 1. The van der Waals surface area contributed by atoms with Crippen molar-refractivity contribution in [3.63, 3.8) is 0 Å². The molecule has 0 unspecified atom stereocenters. The Balaban J connectivity index is 1.53. The first kappa shape index (κ1) is 29.1. The van der Waals surface area contributed by atoms with Crippen LogP contribution in [0, 0.1) is 11.8 Å². The molecule has 2 N–H and O–H groups in total. The summed E-state index contributed by atoms with van der Waals surface area (Å²) in [6, 6.07) is 14.9. The summed E-state index contributed by atoms with van der Waals surface area (Å²) < 4.78 is 6.66. The van der Waals surface area contributed by atoms with E-state index in [9.17, 15) is 14.7 Å². The number of nitrogens with zero attached hydrogens (tertiary/aromatic N) is 2. The van der Waals surface area contributed by atoms with E-state index in [0.29, 0.717) is 18.0 Å².